The molecule has 0 atom stereocenters. The lowest BCUT2D eigenvalue weighted by atomic mass is 9.96. The first-order valence-electron chi connectivity index (χ1n) is 9.67. The van der Waals surface area contributed by atoms with E-state index in [1.807, 2.05) is 13.8 Å². The van der Waals surface area contributed by atoms with Crippen molar-refractivity contribution in [3.05, 3.63) is 63.9 Å². The number of amides is 1. The smallest absolute Gasteiger partial charge is 0.272 e. The van der Waals surface area contributed by atoms with Gasteiger partial charge in [-0.05, 0) is 29.7 Å². The molecule has 1 aliphatic heterocycles. The molecule has 3 aromatic rings. The van der Waals surface area contributed by atoms with E-state index in [2.05, 4.69) is 0 Å². The number of carbonyl (C=O) groups is 1. The van der Waals surface area contributed by atoms with Crippen molar-refractivity contribution >= 4 is 26.8 Å². The number of sulfonamides is 1. The Morgan fingerprint density at radius 1 is 1.06 bits per heavy atom. The summed E-state index contributed by atoms with van der Waals surface area (Å²) in [5.41, 5.74) is 1.05. The van der Waals surface area contributed by atoms with E-state index in [1.165, 1.54) is 23.8 Å². The van der Waals surface area contributed by atoms with Gasteiger partial charge in [0.15, 0.2) is 6.73 Å². The molecule has 1 aliphatic rings. The van der Waals surface area contributed by atoms with Crippen molar-refractivity contribution in [2.75, 3.05) is 13.8 Å². The molecule has 0 spiro atoms. The molecule has 0 saturated carbocycles. The van der Waals surface area contributed by atoms with Crippen LogP contribution in [0, 0.1) is 0 Å². The number of carbonyl (C=O) groups excluding carboxylic acids is 1. The van der Waals surface area contributed by atoms with Gasteiger partial charge in [0, 0.05) is 24.6 Å². The normalized spacial score (nSPS) is 14.9. The lowest BCUT2D eigenvalue weighted by Gasteiger charge is -2.17. The second-order valence-corrected chi connectivity index (χ2v) is 9.43. The highest BCUT2D eigenvalue weighted by Crippen LogP contribution is 2.38. The summed E-state index contributed by atoms with van der Waals surface area (Å²) in [7, 11) is -1.05. The zero-order valence-electron chi connectivity index (χ0n) is 17.6. The molecule has 4 rings (SSSR count). The summed E-state index contributed by atoms with van der Waals surface area (Å²) in [5.74, 6) is -0.182. The van der Waals surface area contributed by atoms with E-state index in [4.69, 9.17) is 9.47 Å². The Morgan fingerprint density at radius 2 is 1.77 bits per heavy atom. The summed E-state index contributed by atoms with van der Waals surface area (Å²) in [4.78, 5) is 25.3. The highest BCUT2D eigenvalue weighted by atomic mass is 32.2. The van der Waals surface area contributed by atoms with Crippen LogP contribution in [0.15, 0.2) is 52.2 Å². The van der Waals surface area contributed by atoms with Crippen LogP contribution in [0.5, 0.6) is 11.5 Å². The Hall–Kier alpha value is -3.33. The molecule has 0 aliphatic carbocycles. The number of hydrogen-bond donors (Lipinski definition) is 0. The van der Waals surface area contributed by atoms with Gasteiger partial charge in [-0.15, -0.1) is 0 Å². The van der Waals surface area contributed by atoms with Crippen molar-refractivity contribution in [1.29, 1.82) is 0 Å². The molecule has 1 amide bonds. The second-order valence-electron chi connectivity index (χ2n) is 7.60. The Bertz CT molecular complexity index is 1370. The summed E-state index contributed by atoms with van der Waals surface area (Å²) in [6, 6.07) is 11.4. The third-order valence-electron chi connectivity index (χ3n) is 5.43. The molecule has 0 fully saturated rings. The minimum atomic E-state index is -4.13. The minimum absolute atomic E-state index is 0.0926. The zero-order valence-corrected chi connectivity index (χ0v) is 18.4. The summed E-state index contributed by atoms with van der Waals surface area (Å²) < 4.78 is 39.4. The number of methoxy groups -OCH3 is 1. The standard InChI is InChI=1S/C22H22N2O6S/c1-13(2)16-9-14(29-4)10-19-21(16)22(26)24(31(19,27)28)12-30-18-11-20(25)23(3)17-8-6-5-7-15(17)18/h5-11,13H,12H2,1-4H3. The predicted octanol–water partition coefficient (Wildman–Crippen LogP) is 2.85. The molecular weight excluding hydrogens is 420 g/mol. The van der Waals surface area contributed by atoms with Gasteiger partial charge >= 0.3 is 0 Å². The molecule has 9 heteroatoms. The van der Waals surface area contributed by atoms with Gasteiger partial charge < -0.3 is 14.0 Å². The predicted molar refractivity (Wildman–Crippen MR) is 115 cm³/mol. The maximum absolute atomic E-state index is 13.1. The van der Waals surface area contributed by atoms with Crippen LogP contribution in [0.2, 0.25) is 0 Å². The van der Waals surface area contributed by atoms with Crippen LogP contribution in [0.25, 0.3) is 10.9 Å². The summed E-state index contributed by atoms with van der Waals surface area (Å²) in [6.07, 6.45) is 0. The molecule has 0 unspecified atom stereocenters. The van der Waals surface area contributed by atoms with Crippen molar-refractivity contribution < 1.29 is 22.7 Å². The Labute approximate surface area is 179 Å². The van der Waals surface area contributed by atoms with E-state index in [0.717, 1.165) is 0 Å². The topological polar surface area (TPSA) is 94.9 Å². The molecular formula is C22H22N2O6S. The fraction of sp³-hybridized carbons (Fsp3) is 0.273. The zero-order chi connectivity index (χ0) is 22.5. The van der Waals surface area contributed by atoms with Gasteiger partial charge in [0.2, 0.25) is 0 Å². The number of nitrogens with zero attached hydrogens (tertiary/aromatic N) is 2. The van der Waals surface area contributed by atoms with E-state index in [0.29, 0.717) is 26.5 Å². The third kappa shape index (κ3) is 3.25. The Kier molecular flexibility index (Phi) is 5.01. The fourth-order valence-corrected chi connectivity index (χ4v) is 5.19. The molecule has 162 valence electrons. The number of hydrogen-bond acceptors (Lipinski definition) is 6. The minimum Gasteiger partial charge on any atom is -0.497 e. The van der Waals surface area contributed by atoms with E-state index < -0.39 is 22.7 Å². The van der Waals surface area contributed by atoms with Crippen LogP contribution in [0.1, 0.15) is 35.7 Å². The number of pyridine rings is 1. The summed E-state index contributed by atoms with van der Waals surface area (Å²) in [5, 5.41) is 0.635. The fourth-order valence-electron chi connectivity index (χ4n) is 3.72. The molecule has 8 nitrogen and oxygen atoms in total. The number of ether oxygens (including phenoxy) is 2. The molecule has 0 saturated heterocycles. The number of rotatable bonds is 5. The highest BCUT2D eigenvalue weighted by molar-refractivity contribution is 7.90. The van der Waals surface area contributed by atoms with Crippen LogP contribution in [-0.4, -0.2) is 37.0 Å². The Morgan fingerprint density at radius 3 is 2.45 bits per heavy atom. The lowest BCUT2D eigenvalue weighted by Crippen LogP contribution is -2.34. The van der Waals surface area contributed by atoms with Crippen LogP contribution in [0.4, 0.5) is 0 Å². The third-order valence-corrected chi connectivity index (χ3v) is 7.15. The average molecular weight is 442 g/mol. The number of aryl methyl sites for hydroxylation is 1. The van der Waals surface area contributed by atoms with E-state index in [-0.39, 0.29) is 27.7 Å². The van der Waals surface area contributed by atoms with Crippen LogP contribution in [0.3, 0.4) is 0 Å². The second kappa shape index (κ2) is 7.42. The lowest BCUT2D eigenvalue weighted by molar-refractivity contribution is 0.0790. The van der Waals surface area contributed by atoms with Gasteiger partial charge in [0.1, 0.15) is 16.4 Å². The Balaban J connectivity index is 1.75. The molecule has 0 radical (unpaired) electrons. The molecule has 2 aromatic carbocycles. The monoisotopic (exact) mass is 442 g/mol. The first-order chi connectivity index (χ1) is 14.7. The van der Waals surface area contributed by atoms with Gasteiger partial charge in [-0.3, -0.25) is 9.59 Å². The maximum atomic E-state index is 13.1. The number of fused-ring (bicyclic) bond motifs is 2. The first-order valence-corrected chi connectivity index (χ1v) is 11.1. The van der Waals surface area contributed by atoms with Gasteiger partial charge in [-0.2, -0.15) is 4.31 Å². The molecule has 31 heavy (non-hydrogen) atoms. The number of benzene rings is 2. The van der Waals surface area contributed by atoms with E-state index >= 15 is 0 Å². The van der Waals surface area contributed by atoms with Crippen molar-refractivity contribution in [1.82, 2.24) is 8.87 Å². The SMILES string of the molecule is COc1cc(C(C)C)c2c(c1)S(=O)(=O)N(COc1cc(=O)n(C)c3ccccc13)C2=O. The largest absolute Gasteiger partial charge is 0.497 e. The maximum Gasteiger partial charge on any atom is 0.272 e. The quantitative estimate of drug-likeness (QED) is 0.603. The molecule has 1 aromatic heterocycles. The highest BCUT2D eigenvalue weighted by Gasteiger charge is 2.44. The molecule has 2 heterocycles. The van der Waals surface area contributed by atoms with Gasteiger partial charge in [-0.1, -0.05) is 26.0 Å². The molecule has 0 bridgehead atoms. The van der Waals surface area contributed by atoms with Gasteiger partial charge in [-0.25, -0.2) is 8.42 Å². The van der Waals surface area contributed by atoms with E-state index in [9.17, 15) is 18.0 Å². The van der Waals surface area contributed by atoms with Gasteiger partial charge in [0.05, 0.1) is 18.2 Å². The van der Waals surface area contributed by atoms with Gasteiger partial charge in [0.25, 0.3) is 21.5 Å². The van der Waals surface area contributed by atoms with Crippen LogP contribution < -0.4 is 15.0 Å². The van der Waals surface area contributed by atoms with Crippen molar-refractivity contribution in [3.63, 3.8) is 0 Å². The van der Waals surface area contributed by atoms with Crippen molar-refractivity contribution in [3.8, 4) is 11.5 Å². The van der Waals surface area contributed by atoms with Crippen LogP contribution >= 0.6 is 0 Å². The number of aromatic nitrogens is 1. The van der Waals surface area contributed by atoms with Crippen molar-refractivity contribution in [2.45, 2.75) is 24.7 Å². The first kappa shape index (κ1) is 20.9. The van der Waals surface area contributed by atoms with Crippen LogP contribution in [-0.2, 0) is 17.1 Å². The summed E-state index contributed by atoms with van der Waals surface area (Å²) >= 11 is 0. The average Bonchev–Trinajstić information content (AvgIpc) is 2.94. The molecule has 0 N–H and O–H groups in total. The van der Waals surface area contributed by atoms with E-state index in [1.54, 1.807) is 37.4 Å². The van der Waals surface area contributed by atoms with Crippen molar-refractivity contribution in [2.24, 2.45) is 7.05 Å². The summed E-state index contributed by atoms with van der Waals surface area (Å²) in [6.45, 7) is 3.20. The number of para-hydroxylation sites is 1.